The van der Waals surface area contributed by atoms with Crippen molar-refractivity contribution in [1.29, 1.82) is 0 Å². The number of hydrogen-bond acceptors (Lipinski definition) is 5. The van der Waals surface area contributed by atoms with Gasteiger partial charge < -0.3 is 19.6 Å². The van der Waals surface area contributed by atoms with E-state index in [0.717, 1.165) is 0 Å². The molecule has 2 aromatic carbocycles. The number of nitrogens with zero attached hydrogens (tertiary/aromatic N) is 2. The van der Waals surface area contributed by atoms with Crippen LogP contribution in [0.3, 0.4) is 0 Å². The Morgan fingerprint density at radius 3 is 2.50 bits per heavy atom. The summed E-state index contributed by atoms with van der Waals surface area (Å²) >= 11 is 12.3. The third kappa shape index (κ3) is 4.31. The Morgan fingerprint density at radius 1 is 1.13 bits per heavy atom. The van der Waals surface area contributed by atoms with Crippen molar-refractivity contribution in [3.05, 3.63) is 69.2 Å². The van der Waals surface area contributed by atoms with E-state index in [2.05, 4.69) is 0 Å². The first-order valence-electron chi connectivity index (χ1n) is 9.27. The van der Waals surface area contributed by atoms with Crippen LogP contribution in [-0.4, -0.2) is 60.9 Å². The number of benzene rings is 2. The number of Topliss-reactive ketones (excluding diaryl/α,β-unsaturated/α-hetero) is 1. The Hall–Kier alpha value is -2.54. The molecule has 0 spiro atoms. The number of methoxy groups -OCH3 is 1. The Balaban J connectivity index is 2.17. The third-order valence-electron chi connectivity index (χ3n) is 4.93. The van der Waals surface area contributed by atoms with Gasteiger partial charge in [0.1, 0.15) is 11.5 Å². The fourth-order valence-electron chi connectivity index (χ4n) is 3.37. The molecule has 1 saturated heterocycles. The van der Waals surface area contributed by atoms with Gasteiger partial charge in [0.25, 0.3) is 11.7 Å². The second-order valence-corrected chi connectivity index (χ2v) is 8.02. The van der Waals surface area contributed by atoms with Gasteiger partial charge >= 0.3 is 0 Å². The summed E-state index contributed by atoms with van der Waals surface area (Å²) in [7, 11) is 5.26. The highest BCUT2D eigenvalue weighted by Gasteiger charge is 2.46. The number of hydrogen-bond donors (Lipinski definition) is 1. The summed E-state index contributed by atoms with van der Waals surface area (Å²) < 4.78 is 5.21. The molecule has 0 radical (unpaired) electrons. The number of carbonyl (C=O) groups is 2. The van der Waals surface area contributed by atoms with Crippen molar-refractivity contribution >= 4 is 40.7 Å². The summed E-state index contributed by atoms with van der Waals surface area (Å²) in [6.45, 7) is 0.849. The summed E-state index contributed by atoms with van der Waals surface area (Å²) in [6, 6.07) is 10.8. The predicted octanol–water partition coefficient (Wildman–Crippen LogP) is 3.99. The molecule has 1 aliphatic rings. The number of ether oxygens (including phenoxy) is 1. The maximum Gasteiger partial charge on any atom is 0.295 e. The lowest BCUT2D eigenvalue weighted by Crippen LogP contribution is -2.35. The molecule has 30 heavy (non-hydrogen) atoms. The fourth-order valence-corrected chi connectivity index (χ4v) is 3.68. The maximum absolute atomic E-state index is 13.0. The molecule has 3 rings (SSSR count). The SMILES string of the molecule is COc1cccc(C(O)=C2C(=O)C(=O)N(CCN(C)C)C2c2ccc(Cl)c(Cl)c2)c1. The van der Waals surface area contributed by atoms with Crippen LogP contribution >= 0.6 is 23.2 Å². The van der Waals surface area contributed by atoms with E-state index >= 15 is 0 Å². The van der Waals surface area contributed by atoms with Crippen molar-refractivity contribution < 1.29 is 19.4 Å². The molecule has 1 unspecified atom stereocenters. The average molecular weight is 449 g/mol. The van der Waals surface area contributed by atoms with Gasteiger partial charge in [-0.25, -0.2) is 0 Å². The zero-order chi connectivity index (χ0) is 22.0. The van der Waals surface area contributed by atoms with Crippen molar-refractivity contribution in [2.24, 2.45) is 0 Å². The quantitative estimate of drug-likeness (QED) is 0.411. The summed E-state index contributed by atoms with van der Waals surface area (Å²) in [5.74, 6) is -1.16. The third-order valence-corrected chi connectivity index (χ3v) is 5.67. The van der Waals surface area contributed by atoms with E-state index in [0.29, 0.717) is 40.0 Å². The number of amides is 1. The largest absolute Gasteiger partial charge is 0.507 e. The van der Waals surface area contributed by atoms with E-state index in [1.165, 1.54) is 12.0 Å². The predicted molar refractivity (Wildman–Crippen MR) is 117 cm³/mol. The van der Waals surface area contributed by atoms with Gasteiger partial charge in [0.05, 0.1) is 28.8 Å². The highest BCUT2D eigenvalue weighted by atomic mass is 35.5. The maximum atomic E-state index is 13.0. The second-order valence-electron chi connectivity index (χ2n) is 7.20. The highest BCUT2D eigenvalue weighted by Crippen LogP contribution is 2.41. The molecule has 1 fully saturated rings. The minimum absolute atomic E-state index is 0.00500. The van der Waals surface area contributed by atoms with E-state index in [1.54, 1.807) is 42.5 Å². The van der Waals surface area contributed by atoms with Gasteiger partial charge in [-0.3, -0.25) is 9.59 Å². The van der Waals surface area contributed by atoms with Crippen LogP contribution in [0.5, 0.6) is 5.75 Å². The average Bonchev–Trinajstić information content (AvgIpc) is 2.98. The number of ketones is 1. The lowest BCUT2D eigenvalue weighted by Gasteiger charge is -2.26. The first-order chi connectivity index (χ1) is 14.2. The van der Waals surface area contributed by atoms with Crippen LogP contribution in [0, 0.1) is 0 Å². The number of carbonyl (C=O) groups excluding carboxylic acids is 2. The monoisotopic (exact) mass is 448 g/mol. The molecule has 1 aliphatic heterocycles. The van der Waals surface area contributed by atoms with E-state index in [1.807, 2.05) is 19.0 Å². The number of aliphatic hydroxyl groups excluding tert-OH is 1. The number of rotatable bonds is 6. The molecule has 8 heteroatoms. The van der Waals surface area contributed by atoms with Gasteiger partial charge in [-0.05, 0) is 43.9 Å². The van der Waals surface area contributed by atoms with Gasteiger partial charge in [-0.1, -0.05) is 41.4 Å². The zero-order valence-corrected chi connectivity index (χ0v) is 18.4. The lowest BCUT2D eigenvalue weighted by atomic mass is 9.95. The number of halogens is 2. The molecule has 1 atom stereocenters. The van der Waals surface area contributed by atoms with Crippen molar-refractivity contribution in [1.82, 2.24) is 9.80 Å². The molecule has 0 saturated carbocycles. The van der Waals surface area contributed by atoms with Gasteiger partial charge in [0, 0.05) is 18.7 Å². The Labute approximate surface area is 185 Å². The van der Waals surface area contributed by atoms with Crippen molar-refractivity contribution in [3.8, 4) is 5.75 Å². The summed E-state index contributed by atoms with van der Waals surface area (Å²) in [5.41, 5.74) is 0.974. The van der Waals surface area contributed by atoms with E-state index < -0.39 is 17.7 Å². The Morgan fingerprint density at radius 2 is 1.87 bits per heavy atom. The topological polar surface area (TPSA) is 70.1 Å². The first kappa shape index (κ1) is 22.2. The van der Waals surface area contributed by atoms with Crippen molar-refractivity contribution in [2.45, 2.75) is 6.04 Å². The standard InChI is InChI=1S/C22H22Cl2N2O4/c1-25(2)9-10-26-19(13-7-8-16(23)17(24)12-13)18(21(28)22(26)29)20(27)14-5-4-6-15(11-14)30-3/h4-8,11-12,19,27H,9-10H2,1-3H3. The second kappa shape index (κ2) is 9.08. The molecule has 0 aromatic heterocycles. The molecule has 1 heterocycles. The van der Waals surface area contributed by atoms with Crippen molar-refractivity contribution in [2.75, 3.05) is 34.3 Å². The van der Waals surface area contributed by atoms with Crippen LogP contribution in [0.25, 0.3) is 5.76 Å². The van der Waals surface area contributed by atoms with E-state index in [-0.39, 0.29) is 11.3 Å². The molecule has 1 N–H and O–H groups in total. The Kier molecular flexibility index (Phi) is 6.71. The number of aliphatic hydroxyl groups is 1. The Bertz CT molecular complexity index is 1020. The normalized spacial score (nSPS) is 18.3. The van der Waals surface area contributed by atoms with Gasteiger partial charge in [0.15, 0.2) is 0 Å². The minimum atomic E-state index is -0.786. The van der Waals surface area contributed by atoms with Crippen LogP contribution in [0.1, 0.15) is 17.2 Å². The molecule has 0 aliphatic carbocycles. The van der Waals surface area contributed by atoms with Crippen molar-refractivity contribution in [3.63, 3.8) is 0 Å². The molecule has 158 valence electrons. The van der Waals surface area contributed by atoms with Gasteiger partial charge in [0.2, 0.25) is 0 Å². The van der Waals surface area contributed by atoms with Gasteiger partial charge in [-0.15, -0.1) is 0 Å². The smallest absolute Gasteiger partial charge is 0.295 e. The highest BCUT2D eigenvalue weighted by molar-refractivity contribution is 6.46. The van der Waals surface area contributed by atoms with Crippen LogP contribution in [0.15, 0.2) is 48.0 Å². The molecule has 0 bridgehead atoms. The number of likely N-dealkylation sites (tertiary alicyclic amines) is 1. The molecule has 2 aromatic rings. The summed E-state index contributed by atoms with van der Waals surface area (Å²) in [4.78, 5) is 29.2. The zero-order valence-electron chi connectivity index (χ0n) is 16.9. The molecular weight excluding hydrogens is 427 g/mol. The minimum Gasteiger partial charge on any atom is -0.507 e. The van der Waals surface area contributed by atoms with Crippen LogP contribution < -0.4 is 4.74 Å². The molecule has 1 amide bonds. The van der Waals surface area contributed by atoms with E-state index in [4.69, 9.17) is 27.9 Å². The van der Waals surface area contributed by atoms with Crippen LogP contribution in [0.4, 0.5) is 0 Å². The molecular formula is C22H22Cl2N2O4. The number of likely N-dealkylation sites (N-methyl/N-ethyl adjacent to an activating group) is 1. The summed E-state index contributed by atoms with van der Waals surface area (Å²) in [6.07, 6.45) is 0. The lowest BCUT2D eigenvalue weighted by molar-refractivity contribution is -0.140. The first-order valence-corrected chi connectivity index (χ1v) is 10.0. The summed E-state index contributed by atoms with van der Waals surface area (Å²) in [5, 5.41) is 11.7. The fraction of sp³-hybridized carbons (Fsp3) is 0.273. The van der Waals surface area contributed by atoms with Crippen LogP contribution in [0.2, 0.25) is 10.0 Å². The van der Waals surface area contributed by atoms with Gasteiger partial charge in [-0.2, -0.15) is 0 Å². The van der Waals surface area contributed by atoms with E-state index in [9.17, 15) is 14.7 Å². The van der Waals surface area contributed by atoms with Crippen LogP contribution in [-0.2, 0) is 9.59 Å². The molecule has 6 nitrogen and oxygen atoms in total.